The minimum Gasteiger partial charge on any atom is -0.463 e. The van der Waals surface area contributed by atoms with Gasteiger partial charge in [0.1, 0.15) is 0 Å². The highest BCUT2D eigenvalue weighted by atomic mass is 35.5. The second-order valence-corrected chi connectivity index (χ2v) is 8.59. The van der Waals surface area contributed by atoms with Gasteiger partial charge in [0.2, 0.25) is 0 Å². The lowest BCUT2D eigenvalue weighted by atomic mass is 9.79. The van der Waals surface area contributed by atoms with Crippen molar-refractivity contribution in [3.63, 3.8) is 0 Å². The third-order valence-electron chi connectivity index (χ3n) is 5.86. The van der Waals surface area contributed by atoms with Gasteiger partial charge in [-0.2, -0.15) is 0 Å². The Morgan fingerprint density at radius 2 is 1.72 bits per heavy atom. The zero-order valence-electron chi connectivity index (χ0n) is 20.5. The first-order chi connectivity index (χ1) is 17.4. The van der Waals surface area contributed by atoms with Crippen molar-refractivity contribution in [1.82, 2.24) is 5.32 Å². The van der Waals surface area contributed by atoms with Crippen molar-refractivity contribution in [3.8, 4) is 0 Å². The number of nitrogens with one attached hydrogen (secondary N) is 1. The highest BCUT2D eigenvalue weighted by molar-refractivity contribution is 6.30. The van der Waals surface area contributed by atoms with E-state index in [0.717, 1.165) is 5.56 Å². The summed E-state index contributed by atoms with van der Waals surface area (Å²) in [6.45, 7) is 5.58. The van der Waals surface area contributed by atoms with Crippen molar-refractivity contribution < 1.29 is 19.1 Å². The molecule has 0 saturated heterocycles. The van der Waals surface area contributed by atoms with Crippen LogP contribution in [0.2, 0.25) is 5.02 Å². The smallest absolute Gasteiger partial charge is 0.336 e. The number of dihydropyridines is 1. The van der Waals surface area contributed by atoms with Gasteiger partial charge in [0.05, 0.1) is 36.3 Å². The average Bonchev–Trinajstić information content (AvgIpc) is 2.86. The number of allylic oxidation sites excluding steroid dienone is 2. The third-order valence-corrected chi connectivity index (χ3v) is 6.10. The van der Waals surface area contributed by atoms with Crippen molar-refractivity contribution in [2.75, 3.05) is 13.2 Å². The number of carbonyl (C=O) groups is 2. The summed E-state index contributed by atoms with van der Waals surface area (Å²) in [6.07, 6.45) is 0.806. The minimum atomic E-state index is -0.743. The molecule has 2 atom stereocenters. The maximum atomic E-state index is 13.3. The van der Waals surface area contributed by atoms with Crippen LogP contribution >= 0.6 is 11.6 Å². The number of hydrogen-bond acceptors (Lipinski definition) is 6. The fourth-order valence-electron chi connectivity index (χ4n) is 4.35. The normalized spacial score (nSPS) is 16.1. The Morgan fingerprint density at radius 1 is 1.06 bits per heavy atom. The molecular weight excluding hydrogens is 480 g/mol. The van der Waals surface area contributed by atoms with Crippen molar-refractivity contribution in [3.05, 3.63) is 104 Å². The number of benzene rings is 2. The van der Waals surface area contributed by atoms with Crippen LogP contribution in [-0.2, 0) is 19.1 Å². The first-order valence-electron chi connectivity index (χ1n) is 11.8. The van der Waals surface area contributed by atoms with Crippen LogP contribution in [0.25, 0.3) is 10.4 Å². The van der Waals surface area contributed by atoms with E-state index in [-0.39, 0.29) is 13.2 Å². The highest BCUT2D eigenvalue weighted by Gasteiger charge is 2.39. The number of hydrogen-bond donors (Lipinski definition) is 1. The van der Waals surface area contributed by atoms with Crippen LogP contribution in [0.1, 0.15) is 56.7 Å². The predicted octanol–water partition coefficient (Wildman–Crippen LogP) is 6.51. The Balaban J connectivity index is 2.12. The molecule has 1 N–H and O–H groups in total. The first-order valence-corrected chi connectivity index (χ1v) is 12.2. The van der Waals surface area contributed by atoms with Crippen molar-refractivity contribution in [1.29, 1.82) is 0 Å². The van der Waals surface area contributed by atoms with E-state index < -0.39 is 23.9 Å². The summed E-state index contributed by atoms with van der Waals surface area (Å²) < 4.78 is 10.8. The topological polar surface area (TPSA) is 113 Å². The summed E-state index contributed by atoms with van der Waals surface area (Å²) in [5.41, 5.74) is 12.5. The first kappa shape index (κ1) is 26.9. The van der Waals surface area contributed by atoms with E-state index in [2.05, 4.69) is 15.3 Å². The van der Waals surface area contributed by atoms with Gasteiger partial charge in [-0.25, -0.2) is 9.59 Å². The van der Waals surface area contributed by atoms with E-state index in [0.29, 0.717) is 46.0 Å². The molecular formula is C27H29ClN4O4. The maximum absolute atomic E-state index is 13.3. The van der Waals surface area contributed by atoms with E-state index in [4.69, 9.17) is 26.6 Å². The third kappa shape index (κ3) is 6.27. The lowest BCUT2D eigenvalue weighted by molar-refractivity contribution is -0.139. The molecule has 2 aromatic carbocycles. The van der Waals surface area contributed by atoms with E-state index in [1.807, 2.05) is 36.4 Å². The molecule has 0 radical (unpaired) electrons. The van der Waals surface area contributed by atoms with E-state index in [1.54, 1.807) is 39.0 Å². The van der Waals surface area contributed by atoms with Crippen LogP contribution < -0.4 is 5.32 Å². The van der Waals surface area contributed by atoms with E-state index >= 15 is 0 Å². The fourth-order valence-corrected chi connectivity index (χ4v) is 4.55. The summed E-state index contributed by atoms with van der Waals surface area (Å²) in [5.74, 6) is -1.81. The molecule has 0 aromatic heterocycles. The van der Waals surface area contributed by atoms with Gasteiger partial charge in [-0.05, 0) is 62.4 Å². The van der Waals surface area contributed by atoms with Crippen LogP contribution in [0.5, 0.6) is 0 Å². The van der Waals surface area contributed by atoms with Crippen LogP contribution in [-0.4, -0.2) is 25.2 Å². The second kappa shape index (κ2) is 12.8. The number of esters is 2. The van der Waals surface area contributed by atoms with Crippen molar-refractivity contribution in [2.24, 2.45) is 5.11 Å². The SMILES string of the molecule is CCOC(=O)C1=C(C)NC(CCC(N=[N+]=[N-])c2ccccc2)=C(C(=O)OCC)C1c1cccc(Cl)c1. The lowest BCUT2D eigenvalue weighted by Gasteiger charge is -2.32. The second-order valence-electron chi connectivity index (χ2n) is 8.15. The molecule has 1 heterocycles. The quantitative estimate of drug-likeness (QED) is 0.170. The lowest BCUT2D eigenvalue weighted by Crippen LogP contribution is -2.33. The van der Waals surface area contributed by atoms with Gasteiger partial charge in [0, 0.05) is 21.3 Å². The summed E-state index contributed by atoms with van der Waals surface area (Å²) in [7, 11) is 0. The maximum Gasteiger partial charge on any atom is 0.336 e. The molecule has 0 spiro atoms. The van der Waals surface area contributed by atoms with Gasteiger partial charge in [0.25, 0.3) is 0 Å². The number of azide groups is 1. The molecule has 2 aromatic rings. The fraction of sp³-hybridized carbons (Fsp3) is 0.333. The molecule has 3 rings (SSSR count). The Kier molecular flexibility index (Phi) is 9.56. The Morgan fingerprint density at radius 3 is 2.33 bits per heavy atom. The number of ether oxygens (including phenoxy) is 2. The molecule has 1 aliphatic rings. The molecule has 0 bridgehead atoms. The molecule has 1 aliphatic heterocycles. The molecule has 0 fully saturated rings. The van der Waals surface area contributed by atoms with Crippen molar-refractivity contribution >= 4 is 23.5 Å². The Labute approximate surface area is 215 Å². The van der Waals surface area contributed by atoms with Crippen LogP contribution in [0.3, 0.4) is 0 Å². The molecule has 0 amide bonds. The van der Waals surface area contributed by atoms with Gasteiger partial charge >= 0.3 is 11.9 Å². The molecule has 9 heteroatoms. The van der Waals surface area contributed by atoms with Crippen LogP contribution in [0, 0.1) is 0 Å². The van der Waals surface area contributed by atoms with Gasteiger partial charge < -0.3 is 14.8 Å². The molecule has 2 unspecified atom stereocenters. The predicted molar refractivity (Wildman–Crippen MR) is 138 cm³/mol. The Bertz CT molecular complexity index is 1220. The van der Waals surface area contributed by atoms with Gasteiger partial charge in [-0.1, -0.05) is 59.2 Å². The number of halogens is 1. The highest BCUT2D eigenvalue weighted by Crippen LogP contribution is 2.41. The summed E-state index contributed by atoms with van der Waals surface area (Å²) in [6, 6.07) is 16.1. The zero-order valence-corrected chi connectivity index (χ0v) is 21.3. The molecule has 36 heavy (non-hydrogen) atoms. The molecule has 0 aliphatic carbocycles. The zero-order chi connectivity index (χ0) is 26.1. The molecule has 0 saturated carbocycles. The summed E-state index contributed by atoms with van der Waals surface area (Å²) in [5, 5.41) is 7.70. The van der Waals surface area contributed by atoms with Crippen LogP contribution in [0.4, 0.5) is 0 Å². The van der Waals surface area contributed by atoms with Gasteiger partial charge in [-0.3, -0.25) is 0 Å². The van der Waals surface area contributed by atoms with E-state index in [9.17, 15) is 9.59 Å². The number of nitrogens with zero attached hydrogens (tertiary/aromatic N) is 3. The van der Waals surface area contributed by atoms with Gasteiger partial charge in [0.15, 0.2) is 0 Å². The van der Waals surface area contributed by atoms with E-state index in [1.165, 1.54) is 0 Å². The Hall–Kier alpha value is -3.74. The average molecular weight is 509 g/mol. The monoisotopic (exact) mass is 508 g/mol. The summed E-state index contributed by atoms with van der Waals surface area (Å²) in [4.78, 5) is 29.4. The van der Waals surface area contributed by atoms with Gasteiger partial charge in [-0.15, -0.1) is 0 Å². The molecule has 188 valence electrons. The number of carbonyl (C=O) groups excluding carboxylic acids is 2. The minimum absolute atomic E-state index is 0.167. The summed E-state index contributed by atoms with van der Waals surface area (Å²) >= 11 is 6.29. The van der Waals surface area contributed by atoms with Crippen molar-refractivity contribution in [2.45, 2.75) is 45.6 Å². The standard InChI is InChI=1S/C27H29ClN4O4/c1-4-35-26(33)23-17(3)30-22(15-14-21(31-32-29)18-10-7-6-8-11-18)25(27(34)36-5-2)24(23)19-12-9-13-20(28)16-19/h6-13,16,21,24,30H,4-5,14-15H2,1-3H3. The van der Waals surface area contributed by atoms with Crippen LogP contribution in [0.15, 0.2) is 82.3 Å². The number of rotatable bonds is 10. The largest absolute Gasteiger partial charge is 0.463 e. The molecule has 8 nitrogen and oxygen atoms in total.